The number of nitrogens with two attached hydrogens (primary N) is 1. The van der Waals surface area contributed by atoms with Gasteiger partial charge in [-0.15, -0.1) is 0 Å². The van der Waals surface area contributed by atoms with Gasteiger partial charge >= 0.3 is 0 Å². The average Bonchev–Trinajstić information content (AvgIpc) is 2.64. The molecule has 0 spiro atoms. The summed E-state index contributed by atoms with van der Waals surface area (Å²) in [6.45, 7) is 0. The number of hydrazone groups is 1. The number of nitrogens with one attached hydrogen (secondary N) is 2. The predicted molar refractivity (Wildman–Crippen MR) is 41.2 cm³/mol. The van der Waals surface area contributed by atoms with Crippen LogP contribution in [-0.4, -0.2) is 27.9 Å². The summed E-state index contributed by atoms with van der Waals surface area (Å²) in [5, 5.41) is 10.2. The summed E-state index contributed by atoms with van der Waals surface area (Å²) in [5.41, 5.74) is 8.97. The Kier molecular flexibility index (Phi) is 1.41. The van der Waals surface area contributed by atoms with Crippen LogP contribution >= 0.6 is 0 Å². The zero-order valence-electron chi connectivity index (χ0n) is 6.11. The van der Waals surface area contributed by atoms with Crippen molar-refractivity contribution in [1.82, 2.24) is 15.6 Å². The monoisotopic (exact) mass is 165 g/mol. The largest absolute Gasteiger partial charge is 0.315 e. The summed E-state index contributed by atoms with van der Waals surface area (Å²) in [6, 6.07) is 1.02. The molecule has 1 atom stereocenters. The summed E-state index contributed by atoms with van der Waals surface area (Å²) in [4.78, 5) is 10.9. The maximum Gasteiger partial charge on any atom is 0.263 e. The maximum absolute atomic E-state index is 10.9. The van der Waals surface area contributed by atoms with Crippen LogP contribution in [0.4, 0.5) is 0 Å². The van der Waals surface area contributed by atoms with Crippen LogP contribution in [0.1, 0.15) is 5.69 Å². The molecule has 1 unspecified atom stereocenters. The fourth-order valence-corrected chi connectivity index (χ4v) is 1.00. The Morgan fingerprint density at radius 2 is 2.42 bits per heavy atom. The van der Waals surface area contributed by atoms with Crippen LogP contribution in [0.3, 0.4) is 0 Å². The van der Waals surface area contributed by atoms with Gasteiger partial charge in [-0.05, 0) is 6.07 Å². The molecule has 0 aromatic carbocycles. The van der Waals surface area contributed by atoms with Crippen molar-refractivity contribution < 1.29 is 4.79 Å². The molecule has 1 amide bonds. The number of H-pyrrole nitrogens is 1. The third-order valence-corrected chi connectivity index (χ3v) is 1.64. The highest BCUT2D eigenvalue weighted by atomic mass is 16.2. The summed E-state index contributed by atoms with van der Waals surface area (Å²) >= 11 is 0. The second-order valence-corrected chi connectivity index (χ2v) is 2.42. The van der Waals surface area contributed by atoms with Gasteiger partial charge in [0.2, 0.25) is 0 Å². The highest BCUT2D eigenvalue weighted by Crippen LogP contribution is 2.03. The van der Waals surface area contributed by atoms with Crippen molar-refractivity contribution in [3.8, 4) is 0 Å². The minimum absolute atomic E-state index is 0.292. The van der Waals surface area contributed by atoms with E-state index in [2.05, 4.69) is 20.7 Å². The van der Waals surface area contributed by atoms with Crippen LogP contribution < -0.4 is 11.2 Å². The third-order valence-electron chi connectivity index (χ3n) is 1.64. The van der Waals surface area contributed by atoms with Gasteiger partial charge in [-0.1, -0.05) is 0 Å². The molecule has 1 aliphatic heterocycles. The molecule has 0 radical (unpaired) electrons. The van der Waals surface area contributed by atoms with Gasteiger partial charge in [-0.25, -0.2) is 5.43 Å². The lowest BCUT2D eigenvalue weighted by Gasteiger charge is -1.99. The lowest BCUT2D eigenvalue weighted by Crippen LogP contribution is -2.37. The zero-order valence-corrected chi connectivity index (χ0v) is 6.11. The molecule has 6 heteroatoms. The molecule has 0 saturated carbocycles. The van der Waals surface area contributed by atoms with Gasteiger partial charge in [-0.2, -0.15) is 10.2 Å². The first kappa shape index (κ1) is 6.99. The summed E-state index contributed by atoms with van der Waals surface area (Å²) in [6.07, 6.45) is 1.58. The van der Waals surface area contributed by atoms with E-state index < -0.39 is 6.04 Å². The van der Waals surface area contributed by atoms with Crippen molar-refractivity contribution >= 4 is 11.6 Å². The number of aromatic nitrogens is 2. The number of rotatable bonds is 1. The third kappa shape index (κ3) is 0.892. The molecule has 2 heterocycles. The van der Waals surface area contributed by atoms with Gasteiger partial charge in [0, 0.05) is 6.20 Å². The van der Waals surface area contributed by atoms with E-state index in [0.29, 0.717) is 11.4 Å². The van der Waals surface area contributed by atoms with E-state index in [1.54, 1.807) is 12.3 Å². The Hall–Kier alpha value is -1.69. The van der Waals surface area contributed by atoms with Gasteiger partial charge in [0.15, 0.2) is 0 Å². The van der Waals surface area contributed by atoms with Crippen molar-refractivity contribution in [3.63, 3.8) is 0 Å². The Bertz CT molecular complexity index is 328. The van der Waals surface area contributed by atoms with Gasteiger partial charge in [0.05, 0.1) is 5.69 Å². The van der Waals surface area contributed by atoms with Crippen molar-refractivity contribution in [1.29, 1.82) is 0 Å². The second kappa shape index (κ2) is 2.42. The topological polar surface area (TPSA) is 96.2 Å². The molecule has 4 N–H and O–H groups in total. The normalized spacial score (nSPS) is 22.2. The van der Waals surface area contributed by atoms with Gasteiger partial charge in [0.25, 0.3) is 5.91 Å². The van der Waals surface area contributed by atoms with E-state index in [1.165, 1.54) is 0 Å². The number of hydrogen-bond donors (Lipinski definition) is 3. The van der Waals surface area contributed by atoms with E-state index in [1.807, 2.05) is 0 Å². The van der Waals surface area contributed by atoms with Crippen molar-refractivity contribution in [2.24, 2.45) is 10.8 Å². The Morgan fingerprint density at radius 3 is 2.92 bits per heavy atom. The first-order valence-corrected chi connectivity index (χ1v) is 3.42. The number of amides is 1. The van der Waals surface area contributed by atoms with Crippen LogP contribution in [0.25, 0.3) is 0 Å². The number of carbonyl (C=O) groups excluding carboxylic acids is 1. The molecule has 0 saturated heterocycles. The fourth-order valence-electron chi connectivity index (χ4n) is 1.00. The van der Waals surface area contributed by atoms with Crippen LogP contribution in [0.15, 0.2) is 17.4 Å². The number of carbonyl (C=O) groups is 1. The molecule has 12 heavy (non-hydrogen) atoms. The summed E-state index contributed by atoms with van der Waals surface area (Å²) in [5.74, 6) is -0.292. The van der Waals surface area contributed by atoms with Gasteiger partial charge in [-0.3, -0.25) is 9.89 Å². The van der Waals surface area contributed by atoms with Crippen LogP contribution in [-0.2, 0) is 4.79 Å². The minimum Gasteiger partial charge on any atom is -0.315 e. The lowest BCUT2D eigenvalue weighted by molar-refractivity contribution is -0.120. The molecule has 0 aliphatic carbocycles. The van der Waals surface area contributed by atoms with E-state index in [4.69, 9.17) is 5.73 Å². The molecule has 1 aromatic rings. The highest BCUT2D eigenvalue weighted by Gasteiger charge is 2.27. The number of hydrogen-bond acceptors (Lipinski definition) is 4. The fraction of sp³-hybridized carbons (Fsp3) is 0.167. The molecular formula is C6H7N5O. The number of nitrogens with zero attached hydrogens (tertiary/aromatic N) is 2. The van der Waals surface area contributed by atoms with Crippen molar-refractivity contribution in [3.05, 3.63) is 18.0 Å². The lowest BCUT2D eigenvalue weighted by atomic mass is 10.1. The average molecular weight is 165 g/mol. The first-order chi connectivity index (χ1) is 5.79. The van der Waals surface area contributed by atoms with Crippen molar-refractivity contribution in [2.75, 3.05) is 0 Å². The Morgan fingerprint density at radius 1 is 1.58 bits per heavy atom. The molecule has 6 nitrogen and oxygen atoms in total. The molecule has 62 valence electrons. The first-order valence-electron chi connectivity index (χ1n) is 3.42. The molecular weight excluding hydrogens is 158 g/mol. The van der Waals surface area contributed by atoms with E-state index in [-0.39, 0.29) is 5.91 Å². The van der Waals surface area contributed by atoms with Crippen LogP contribution in [0.5, 0.6) is 0 Å². The van der Waals surface area contributed by atoms with Crippen LogP contribution in [0, 0.1) is 0 Å². The smallest absolute Gasteiger partial charge is 0.263 e. The molecule has 0 fully saturated rings. The maximum atomic E-state index is 10.9. The van der Waals surface area contributed by atoms with Gasteiger partial charge < -0.3 is 5.73 Å². The highest BCUT2D eigenvalue weighted by molar-refractivity contribution is 6.18. The van der Waals surface area contributed by atoms with E-state index in [9.17, 15) is 4.79 Å². The molecule has 2 rings (SSSR count). The SMILES string of the molecule is NC1C(=O)NN=C1c1ccn[nH]1. The Labute approximate surface area is 67.8 Å². The second-order valence-electron chi connectivity index (χ2n) is 2.42. The van der Waals surface area contributed by atoms with E-state index >= 15 is 0 Å². The Balaban J connectivity index is 2.32. The standard InChI is InChI=1S/C6H7N5O/c7-4-5(10-11-6(4)12)3-1-2-8-9-3/h1-2,4H,7H2,(H,8,9)(H,11,12). The predicted octanol–water partition coefficient (Wildman–Crippen LogP) is -1.43. The van der Waals surface area contributed by atoms with E-state index in [0.717, 1.165) is 0 Å². The zero-order chi connectivity index (χ0) is 8.55. The van der Waals surface area contributed by atoms with Gasteiger partial charge in [0.1, 0.15) is 11.8 Å². The quantitative estimate of drug-likeness (QED) is 0.476. The van der Waals surface area contributed by atoms with Crippen LogP contribution in [0.2, 0.25) is 0 Å². The molecule has 1 aromatic heterocycles. The summed E-state index contributed by atoms with van der Waals surface area (Å²) < 4.78 is 0. The molecule has 0 bridgehead atoms. The van der Waals surface area contributed by atoms with Crippen molar-refractivity contribution in [2.45, 2.75) is 6.04 Å². The summed E-state index contributed by atoms with van der Waals surface area (Å²) in [7, 11) is 0. The minimum atomic E-state index is -0.689. The number of aromatic amines is 1. The molecule has 1 aliphatic rings.